The smallest absolute Gasteiger partial charge is 0.253 e. The molecular weight excluding hydrogens is 238 g/mol. The number of nitrogens with one attached hydrogen (secondary N) is 1. The lowest BCUT2D eigenvalue weighted by Gasteiger charge is -2.30. The second kappa shape index (κ2) is 5.95. The molecule has 0 aliphatic rings. The maximum Gasteiger partial charge on any atom is 0.253 e. The van der Waals surface area contributed by atoms with E-state index in [1.165, 1.54) is 0 Å². The molecule has 0 saturated carbocycles. The number of anilines is 2. The molecule has 0 radical (unpaired) electrons. The molecule has 106 valence electrons. The van der Waals surface area contributed by atoms with Crippen LogP contribution >= 0.6 is 0 Å². The number of amides is 1. The topological polar surface area (TPSA) is 58.4 Å². The highest BCUT2D eigenvalue weighted by molar-refractivity contribution is 5.96. The van der Waals surface area contributed by atoms with Gasteiger partial charge in [0.1, 0.15) is 0 Å². The van der Waals surface area contributed by atoms with Crippen LogP contribution in [0.1, 0.15) is 44.0 Å². The summed E-state index contributed by atoms with van der Waals surface area (Å²) in [6.07, 6.45) is 1.99. The Kier molecular flexibility index (Phi) is 4.81. The Bertz CT molecular complexity index is 451. The second-order valence-corrected chi connectivity index (χ2v) is 5.39. The fourth-order valence-electron chi connectivity index (χ4n) is 1.81. The first-order valence-electron chi connectivity index (χ1n) is 6.72. The SMILES string of the molecule is CCC(C)(CC)Nc1cc(C(=O)N(C)C)ccc1N. The molecular formula is C15H25N3O. The summed E-state index contributed by atoms with van der Waals surface area (Å²) in [5.41, 5.74) is 8.14. The van der Waals surface area contributed by atoms with Crippen molar-refractivity contribution in [1.82, 2.24) is 4.90 Å². The van der Waals surface area contributed by atoms with E-state index < -0.39 is 0 Å². The molecule has 0 heterocycles. The normalized spacial score (nSPS) is 11.2. The van der Waals surface area contributed by atoms with E-state index in [2.05, 4.69) is 26.1 Å². The van der Waals surface area contributed by atoms with Crippen LogP contribution in [0.5, 0.6) is 0 Å². The highest BCUT2D eigenvalue weighted by Gasteiger charge is 2.20. The van der Waals surface area contributed by atoms with Gasteiger partial charge < -0.3 is 16.0 Å². The highest BCUT2D eigenvalue weighted by atomic mass is 16.2. The predicted octanol–water partition coefficient (Wildman–Crippen LogP) is 2.96. The summed E-state index contributed by atoms with van der Waals surface area (Å²) in [4.78, 5) is 13.5. The molecule has 0 unspecified atom stereocenters. The molecule has 1 rings (SSSR count). The lowest BCUT2D eigenvalue weighted by Crippen LogP contribution is -2.33. The summed E-state index contributed by atoms with van der Waals surface area (Å²) in [7, 11) is 3.49. The number of rotatable bonds is 5. The van der Waals surface area contributed by atoms with E-state index in [1.54, 1.807) is 31.1 Å². The number of nitrogen functional groups attached to an aromatic ring is 1. The Labute approximate surface area is 116 Å². The van der Waals surface area contributed by atoms with Crippen molar-refractivity contribution < 1.29 is 4.79 Å². The summed E-state index contributed by atoms with van der Waals surface area (Å²) in [6, 6.07) is 5.38. The Morgan fingerprint density at radius 2 is 1.89 bits per heavy atom. The second-order valence-electron chi connectivity index (χ2n) is 5.39. The molecule has 4 nitrogen and oxygen atoms in total. The molecule has 1 amide bonds. The molecule has 0 aromatic heterocycles. The minimum atomic E-state index is -0.0160. The Hall–Kier alpha value is -1.71. The summed E-state index contributed by atoms with van der Waals surface area (Å²) in [5, 5.41) is 3.46. The van der Waals surface area contributed by atoms with Crippen LogP contribution < -0.4 is 11.1 Å². The number of hydrogen-bond acceptors (Lipinski definition) is 3. The molecule has 19 heavy (non-hydrogen) atoms. The summed E-state index contributed by atoms with van der Waals surface area (Å²) < 4.78 is 0. The molecule has 0 saturated heterocycles. The van der Waals surface area contributed by atoms with Gasteiger partial charge in [-0.2, -0.15) is 0 Å². The first-order chi connectivity index (χ1) is 8.83. The van der Waals surface area contributed by atoms with E-state index >= 15 is 0 Å². The molecule has 0 atom stereocenters. The number of carbonyl (C=O) groups excluding carboxylic acids is 1. The number of nitrogens with two attached hydrogens (primary N) is 1. The summed E-state index contributed by atoms with van der Waals surface area (Å²) in [5.74, 6) is -0.0160. The van der Waals surface area contributed by atoms with E-state index in [4.69, 9.17) is 5.73 Å². The Balaban J connectivity index is 3.08. The van der Waals surface area contributed by atoms with Gasteiger partial charge in [-0.3, -0.25) is 4.79 Å². The zero-order valence-corrected chi connectivity index (χ0v) is 12.6. The van der Waals surface area contributed by atoms with Crippen molar-refractivity contribution in [2.24, 2.45) is 0 Å². The number of hydrogen-bond donors (Lipinski definition) is 2. The quantitative estimate of drug-likeness (QED) is 0.803. The zero-order chi connectivity index (χ0) is 14.6. The van der Waals surface area contributed by atoms with E-state index in [0.717, 1.165) is 18.5 Å². The van der Waals surface area contributed by atoms with Crippen molar-refractivity contribution in [3.05, 3.63) is 23.8 Å². The van der Waals surface area contributed by atoms with E-state index in [1.807, 2.05) is 6.07 Å². The third-order valence-electron chi connectivity index (χ3n) is 3.70. The van der Waals surface area contributed by atoms with Crippen molar-refractivity contribution in [1.29, 1.82) is 0 Å². The predicted molar refractivity (Wildman–Crippen MR) is 81.5 cm³/mol. The van der Waals surface area contributed by atoms with E-state index in [9.17, 15) is 4.79 Å². The molecule has 0 aliphatic carbocycles. The van der Waals surface area contributed by atoms with Gasteiger partial charge in [-0.05, 0) is 38.0 Å². The number of carbonyl (C=O) groups is 1. The number of nitrogens with zero attached hydrogens (tertiary/aromatic N) is 1. The fourth-order valence-corrected chi connectivity index (χ4v) is 1.81. The van der Waals surface area contributed by atoms with Crippen molar-refractivity contribution in [3.63, 3.8) is 0 Å². The van der Waals surface area contributed by atoms with E-state index in [-0.39, 0.29) is 11.4 Å². The monoisotopic (exact) mass is 263 g/mol. The van der Waals surface area contributed by atoms with Gasteiger partial charge in [-0.1, -0.05) is 13.8 Å². The number of benzene rings is 1. The van der Waals surface area contributed by atoms with Gasteiger partial charge >= 0.3 is 0 Å². The van der Waals surface area contributed by atoms with Crippen molar-refractivity contribution in [2.45, 2.75) is 39.2 Å². The third kappa shape index (κ3) is 3.63. The van der Waals surface area contributed by atoms with Crippen LogP contribution in [0.4, 0.5) is 11.4 Å². The van der Waals surface area contributed by atoms with Gasteiger partial charge in [0.2, 0.25) is 0 Å². The minimum Gasteiger partial charge on any atom is -0.397 e. The van der Waals surface area contributed by atoms with Crippen molar-refractivity contribution in [3.8, 4) is 0 Å². The first kappa shape index (κ1) is 15.3. The van der Waals surface area contributed by atoms with Crippen LogP contribution in [0, 0.1) is 0 Å². The fraction of sp³-hybridized carbons (Fsp3) is 0.533. The summed E-state index contributed by atoms with van der Waals surface area (Å²) >= 11 is 0. The van der Waals surface area contributed by atoms with Crippen LogP contribution in [-0.2, 0) is 0 Å². The average Bonchev–Trinajstić information content (AvgIpc) is 2.40. The maximum atomic E-state index is 12.0. The van der Waals surface area contributed by atoms with Crippen LogP contribution in [0.2, 0.25) is 0 Å². The van der Waals surface area contributed by atoms with Gasteiger partial charge in [-0.15, -0.1) is 0 Å². The Morgan fingerprint density at radius 3 is 2.37 bits per heavy atom. The van der Waals surface area contributed by atoms with Crippen molar-refractivity contribution in [2.75, 3.05) is 25.1 Å². The maximum absolute atomic E-state index is 12.0. The highest BCUT2D eigenvalue weighted by Crippen LogP contribution is 2.27. The average molecular weight is 263 g/mol. The zero-order valence-electron chi connectivity index (χ0n) is 12.6. The molecule has 0 bridgehead atoms. The third-order valence-corrected chi connectivity index (χ3v) is 3.70. The first-order valence-corrected chi connectivity index (χ1v) is 6.72. The van der Waals surface area contributed by atoms with E-state index in [0.29, 0.717) is 11.3 Å². The minimum absolute atomic E-state index is 0.00604. The standard InChI is InChI=1S/C15H25N3O/c1-6-15(3,7-2)17-13-10-11(8-9-12(13)16)14(19)18(4)5/h8-10,17H,6-7,16H2,1-5H3. The molecule has 0 spiro atoms. The lowest BCUT2D eigenvalue weighted by atomic mass is 9.94. The van der Waals surface area contributed by atoms with Crippen LogP contribution in [0.15, 0.2) is 18.2 Å². The van der Waals surface area contributed by atoms with Crippen molar-refractivity contribution >= 4 is 17.3 Å². The van der Waals surface area contributed by atoms with Gasteiger partial charge in [0.25, 0.3) is 5.91 Å². The summed E-state index contributed by atoms with van der Waals surface area (Å²) in [6.45, 7) is 6.44. The largest absolute Gasteiger partial charge is 0.397 e. The Morgan fingerprint density at radius 1 is 1.32 bits per heavy atom. The lowest BCUT2D eigenvalue weighted by molar-refractivity contribution is 0.0827. The molecule has 1 aromatic carbocycles. The molecule has 4 heteroatoms. The molecule has 0 aliphatic heterocycles. The molecule has 1 aromatic rings. The van der Waals surface area contributed by atoms with Crippen LogP contribution in [0.25, 0.3) is 0 Å². The molecule has 0 fully saturated rings. The molecule has 3 N–H and O–H groups in total. The van der Waals surface area contributed by atoms with Gasteiger partial charge in [0.05, 0.1) is 11.4 Å². The van der Waals surface area contributed by atoms with Gasteiger partial charge in [-0.25, -0.2) is 0 Å². The van der Waals surface area contributed by atoms with Crippen LogP contribution in [-0.4, -0.2) is 30.4 Å². The van der Waals surface area contributed by atoms with Gasteiger partial charge in [0, 0.05) is 25.2 Å². The van der Waals surface area contributed by atoms with Crippen LogP contribution in [0.3, 0.4) is 0 Å². The van der Waals surface area contributed by atoms with Gasteiger partial charge in [0.15, 0.2) is 0 Å².